The van der Waals surface area contributed by atoms with E-state index in [0.29, 0.717) is 24.1 Å². The molecule has 0 bridgehead atoms. The summed E-state index contributed by atoms with van der Waals surface area (Å²) < 4.78 is 34.3. The Labute approximate surface area is 315 Å². The molecule has 2 unspecified atom stereocenters. The van der Waals surface area contributed by atoms with Crippen LogP contribution in [0.25, 0.3) is 0 Å². The number of phosphoric ester groups is 1. The number of quaternary nitrogens is 1. The van der Waals surface area contributed by atoms with Crippen molar-refractivity contribution in [2.75, 3.05) is 54.1 Å². The highest BCUT2D eigenvalue weighted by atomic mass is 31.2. The van der Waals surface area contributed by atoms with Crippen LogP contribution in [0.1, 0.15) is 168 Å². The SMILES string of the molecule is CCCCCCC/C=C\C/C=C\C/C=C\CCCCCCCCCCCOCC(COP(=O)([O-])OCC[N+](C)(C)C)OC(=O)CCCCCCC. The summed E-state index contributed by atoms with van der Waals surface area (Å²) in [5, 5.41) is 0. The Balaban J connectivity index is 3.98. The van der Waals surface area contributed by atoms with Crippen LogP contribution in [0.15, 0.2) is 36.5 Å². The van der Waals surface area contributed by atoms with Gasteiger partial charge in [-0.25, -0.2) is 0 Å². The van der Waals surface area contributed by atoms with Crippen LogP contribution in [-0.2, 0) is 27.9 Å². The summed E-state index contributed by atoms with van der Waals surface area (Å²) in [5.74, 6) is -0.350. The number of nitrogens with zero attached hydrogens (tertiary/aromatic N) is 1. The second kappa shape index (κ2) is 35.7. The van der Waals surface area contributed by atoms with Crippen LogP contribution in [0.5, 0.6) is 0 Å². The lowest BCUT2D eigenvalue weighted by molar-refractivity contribution is -0.870. The molecular weight excluding hydrogens is 661 g/mol. The molecule has 0 spiro atoms. The highest BCUT2D eigenvalue weighted by molar-refractivity contribution is 7.45. The third-order valence-corrected chi connectivity index (χ3v) is 9.66. The molecular formula is C42H80NO7P. The molecule has 0 rings (SSSR count). The Kier molecular flexibility index (Phi) is 34.8. The van der Waals surface area contributed by atoms with Gasteiger partial charge in [0, 0.05) is 13.0 Å². The number of likely N-dealkylation sites (N-methyl/N-ethyl adjacent to an activating group) is 1. The maximum absolute atomic E-state index is 12.4. The first-order valence-corrected chi connectivity index (χ1v) is 22.2. The smallest absolute Gasteiger partial charge is 0.306 e. The van der Waals surface area contributed by atoms with Crippen molar-refractivity contribution in [1.82, 2.24) is 0 Å². The van der Waals surface area contributed by atoms with E-state index in [1.54, 1.807) is 0 Å². The molecule has 0 amide bonds. The van der Waals surface area contributed by atoms with Crippen molar-refractivity contribution in [3.05, 3.63) is 36.5 Å². The van der Waals surface area contributed by atoms with Gasteiger partial charge >= 0.3 is 5.97 Å². The lowest BCUT2D eigenvalue weighted by atomic mass is 10.1. The Bertz CT molecular complexity index is 915. The zero-order valence-corrected chi connectivity index (χ0v) is 34.7. The van der Waals surface area contributed by atoms with Crippen LogP contribution in [0.2, 0.25) is 0 Å². The predicted molar refractivity (Wildman–Crippen MR) is 213 cm³/mol. The zero-order valence-electron chi connectivity index (χ0n) is 33.8. The molecule has 0 N–H and O–H groups in total. The van der Waals surface area contributed by atoms with Gasteiger partial charge in [-0.1, -0.05) is 147 Å². The molecule has 0 aliphatic heterocycles. The largest absolute Gasteiger partial charge is 0.756 e. The summed E-state index contributed by atoms with van der Waals surface area (Å²) in [6, 6.07) is 0. The molecule has 0 aromatic rings. The number of allylic oxidation sites excluding steroid dienone is 6. The van der Waals surface area contributed by atoms with Gasteiger partial charge < -0.3 is 27.9 Å². The lowest BCUT2D eigenvalue weighted by Crippen LogP contribution is -2.37. The van der Waals surface area contributed by atoms with Crippen molar-refractivity contribution in [3.63, 3.8) is 0 Å². The van der Waals surface area contributed by atoms with Crippen molar-refractivity contribution in [1.29, 1.82) is 0 Å². The summed E-state index contributed by atoms with van der Waals surface area (Å²) >= 11 is 0. The van der Waals surface area contributed by atoms with Crippen molar-refractivity contribution in [3.8, 4) is 0 Å². The molecule has 0 fully saturated rings. The molecule has 0 aliphatic carbocycles. The summed E-state index contributed by atoms with van der Waals surface area (Å²) in [5.41, 5.74) is 0. The van der Waals surface area contributed by atoms with E-state index in [2.05, 4.69) is 50.3 Å². The fourth-order valence-corrected chi connectivity index (χ4v) is 6.16. The summed E-state index contributed by atoms with van der Waals surface area (Å²) in [7, 11) is 1.35. The molecule has 0 radical (unpaired) electrons. The zero-order chi connectivity index (χ0) is 37.7. The molecule has 51 heavy (non-hydrogen) atoms. The number of carbonyl (C=O) groups excluding carboxylic acids is 1. The van der Waals surface area contributed by atoms with Crippen molar-refractivity contribution in [2.24, 2.45) is 0 Å². The maximum atomic E-state index is 12.4. The predicted octanol–water partition coefficient (Wildman–Crippen LogP) is 11.2. The fourth-order valence-electron chi connectivity index (χ4n) is 5.43. The van der Waals surface area contributed by atoms with E-state index >= 15 is 0 Å². The second-order valence-corrected chi connectivity index (χ2v) is 16.4. The highest BCUT2D eigenvalue weighted by Gasteiger charge is 2.20. The van der Waals surface area contributed by atoms with Crippen LogP contribution >= 0.6 is 7.82 Å². The maximum Gasteiger partial charge on any atom is 0.306 e. The van der Waals surface area contributed by atoms with Gasteiger partial charge in [0.1, 0.15) is 19.3 Å². The number of hydrogen-bond acceptors (Lipinski definition) is 7. The van der Waals surface area contributed by atoms with Gasteiger partial charge in [0.2, 0.25) is 0 Å². The molecule has 0 saturated heterocycles. The van der Waals surface area contributed by atoms with Crippen molar-refractivity contribution in [2.45, 2.75) is 174 Å². The van der Waals surface area contributed by atoms with Crippen LogP contribution in [0.4, 0.5) is 0 Å². The Morgan fingerprint density at radius 3 is 1.61 bits per heavy atom. The van der Waals surface area contributed by atoms with Crippen LogP contribution < -0.4 is 4.89 Å². The number of carbonyl (C=O) groups is 1. The number of phosphoric acid groups is 1. The molecule has 8 nitrogen and oxygen atoms in total. The molecule has 0 aromatic carbocycles. The molecule has 0 saturated carbocycles. The van der Waals surface area contributed by atoms with Gasteiger partial charge in [0.05, 0.1) is 34.4 Å². The third kappa shape index (κ3) is 39.8. The summed E-state index contributed by atoms with van der Waals surface area (Å²) in [6.07, 6.45) is 40.6. The average molecular weight is 742 g/mol. The minimum atomic E-state index is -4.51. The standard InChI is InChI=1S/C42H80NO7P/c1-6-8-10-12-13-14-15-16-17-18-19-20-21-22-23-24-25-26-27-28-29-30-32-34-37-47-39-41(50-42(44)35-33-31-11-9-7-2)40-49-51(45,46)48-38-36-43(3,4)5/h15-16,18-19,21-22,41H,6-14,17,20,23-40H2,1-5H3/b16-15-,19-18-,22-21-. The number of hydrogen-bond donors (Lipinski definition) is 0. The van der Waals surface area contributed by atoms with Gasteiger partial charge in [-0.15, -0.1) is 0 Å². The minimum Gasteiger partial charge on any atom is -0.756 e. The molecule has 300 valence electrons. The first-order valence-electron chi connectivity index (χ1n) is 20.7. The lowest BCUT2D eigenvalue weighted by Gasteiger charge is -2.28. The van der Waals surface area contributed by atoms with Crippen LogP contribution in [0.3, 0.4) is 0 Å². The molecule has 9 heteroatoms. The number of esters is 1. The number of rotatable bonds is 38. The van der Waals surface area contributed by atoms with E-state index in [4.69, 9.17) is 18.5 Å². The monoisotopic (exact) mass is 742 g/mol. The fraction of sp³-hybridized carbons (Fsp3) is 0.833. The Hall–Kier alpha value is -1.28. The number of unbranched alkanes of at least 4 members (excludes halogenated alkanes) is 18. The van der Waals surface area contributed by atoms with Crippen LogP contribution in [-0.4, -0.2) is 70.7 Å². The van der Waals surface area contributed by atoms with Gasteiger partial charge in [-0.05, 0) is 51.4 Å². The first kappa shape index (κ1) is 49.7. The van der Waals surface area contributed by atoms with E-state index in [-0.39, 0.29) is 25.8 Å². The summed E-state index contributed by atoms with van der Waals surface area (Å²) in [4.78, 5) is 24.7. The minimum absolute atomic E-state index is 0.0247. The highest BCUT2D eigenvalue weighted by Crippen LogP contribution is 2.38. The average Bonchev–Trinajstić information content (AvgIpc) is 3.07. The molecule has 0 heterocycles. The Morgan fingerprint density at radius 1 is 0.608 bits per heavy atom. The van der Waals surface area contributed by atoms with E-state index < -0.39 is 13.9 Å². The van der Waals surface area contributed by atoms with E-state index in [0.717, 1.165) is 57.8 Å². The normalized spacial score (nSPS) is 14.2. The van der Waals surface area contributed by atoms with Crippen molar-refractivity contribution < 1.29 is 37.3 Å². The topological polar surface area (TPSA) is 94.1 Å². The van der Waals surface area contributed by atoms with Gasteiger partial charge in [-0.3, -0.25) is 9.36 Å². The Morgan fingerprint density at radius 2 is 1.08 bits per heavy atom. The van der Waals surface area contributed by atoms with Gasteiger partial charge in [-0.2, -0.15) is 0 Å². The van der Waals surface area contributed by atoms with Crippen molar-refractivity contribution >= 4 is 13.8 Å². The number of ether oxygens (including phenoxy) is 2. The molecule has 0 aliphatic rings. The summed E-state index contributed by atoms with van der Waals surface area (Å²) in [6.45, 7) is 5.29. The molecule has 2 atom stereocenters. The molecule has 0 aromatic heterocycles. The van der Waals surface area contributed by atoms with E-state index in [1.165, 1.54) is 89.9 Å². The van der Waals surface area contributed by atoms with Crippen LogP contribution in [0, 0.1) is 0 Å². The van der Waals surface area contributed by atoms with Gasteiger partial charge in [0.25, 0.3) is 7.82 Å². The first-order chi connectivity index (χ1) is 24.6. The quantitative estimate of drug-likeness (QED) is 0.0204. The second-order valence-electron chi connectivity index (χ2n) is 15.0. The van der Waals surface area contributed by atoms with E-state index in [1.807, 2.05) is 21.1 Å². The van der Waals surface area contributed by atoms with E-state index in [9.17, 15) is 14.3 Å². The third-order valence-electron chi connectivity index (χ3n) is 8.69. The van der Waals surface area contributed by atoms with Gasteiger partial charge in [0.15, 0.2) is 0 Å².